The van der Waals surface area contributed by atoms with E-state index >= 15 is 0 Å². The standard InChI is InChI=1S/C22H28ClN3O5S/c1-17-3-4-18(15-21(17)23)25-32(28,29)20-7-5-19(6-8-20)31-16-22(27)24-9-2-10-26-11-13-30-14-12-26/h3-8,15,25H,2,9-14,16H2,1H3,(H,24,27). The second-order valence-electron chi connectivity index (χ2n) is 7.49. The molecule has 32 heavy (non-hydrogen) atoms. The van der Waals surface area contributed by atoms with Crippen molar-refractivity contribution in [3.63, 3.8) is 0 Å². The molecule has 1 aliphatic heterocycles. The van der Waals surface area contributed by atoms with Gasteiger partial charge in [-0.15, -0.1) is 0 Å². The van der Waals surface area contributed by atoms with Gasteiger partial charge in [0.05, 0.1) is 23.8 Å². The minimum atomic E-state index is -3.77. The van der Waals surface area contributed by atoms with Crippen LogP contribution in [0, 0.1) is 6.92 Å². The van der Waals surface area contributed by atoms with Crippen LogP contribution in [0.2, 0.25) is 5.02 Å². The maximum atomic E-state index is 12.6. The average molecular weight is 482 g/mol. The lowest BCUT2D eigenvalue weighted by Crippen LogP contribution is -2.38. The largest absolute Gasteiger partial charge is 0.484 e. The molecule has 1 aliphatic rings. The number of carbonyl (C=O) groups excluding carboxylic acids is 1. The maximum absolute atomic E-state index is 12.6. The Kier molecular flexibility index (Phi) is 8.75. The van der Waals surface area contributed by atoms with Gasteiger partial charge in [-0.25, -0.2) is 8.42 Å². The quantitative estimate of drug-likeness (QED) is 0.506. The highest BCUT2D eigenvalue weighted by molar-refractivity contribution is 7.92. The first-order chi connectivity index (χ1) is 15.3. The molecular formula is C22H28ClN3O5S. The van der Waals surface area contributed by atoms with Crippen LogP contribution in [0.25, 0.3) is 0 Å². The second-order valence-corrected chi connectivity index (χ2v) is 9.58. The highest BCUT2D eigenvalue weighted by Crippen LogP contribution is 2.23. The van der Waals surface area contributed by atoms with E-state index in [1.807, 2.05) is 6.92 Å². The van der Waals surface area contributed by atoms with E-state index in [-0.39, 0.29) is 17.4 Å². The molecule has 1 heterocycles. The molecule has 2 aromatic rings. The van der Waals surface area contributed by atoms with Crippen molar-refractivity contribution in [2.75, 3.05) is 50.7 Å². The Morgan fingerprint density at radius 1 is 1.16 bits per heavy atom. The van der Waals surface area contributed by atoms with Crippen LogP contribution < -0.4 is 14.8 Å². The first kappa shape index (κ1) is 24.3. The Balaban J connectivity index is 1.42. The minimum Gasteiger partial charge on any atom is -0.484 e. The number of nitrogens with one attached hydrogen (secondary N) is 2. The van der Waals surface area contributed by atoms with E-state index < -0.39 is 10.0 Å². The Morgan fingerprint density at radius 3 is 2.56 bits per heavy atom. The number of carbonyl (C=O) groups is 1. The van der Waals surface area contributed by atoms with Crippen LogP contribution in [0.4, 0.5) is 5.69 Å². The van der Waals surface area contributed by atoms with Gasteiger partial charge in [0.2, 0.25) is 0 Å². The fourth-order valence-electron chi connectivity index (χ4n) is 3.14. The number of morpholine rings is 1. The molecule has 1 saturated heterocycles. The smallest absolute Gasteiger partial charge is 0.261 e. The summed E-state index contributed by atoms with van der Waals surface area (Å²) in [5.74, 6) is 0.187. The third-order valence-electron chi connectivity index (χ3n) is 5.01. The van der Waals surface area contributed by atoms with E-state index in [1.54, 1.807) is 18.2 Å². The molecule has 0 saturated carbocycles. The molecular weight excluding hydrogens is 454 g/mol. The molecule has 8 nitrogen and oxygen atoms in total. The van der Waals surface area contributed by atoms with Crippen molar-refractivity contribution in [2.24, 2.45) is 0 Å². The SMILES string of the molecule is Cc1ccc(NS(=O)(=O)c2ccc(OCC(=O)NCCCN3CCOCC3)cc2)cc1Cl. The van der Waals surface area contributed by atoms with E-state index in [2.05, 4.69) is 14.9 Å². The highest BCUT2D eigenvalue weighted by atomic mass is 35.5. The predicted octanol–water partition coefficient (Wildman–Crippen LogP) is 2.67. The molecule has 3 rings (SSSR count). The number of ether oxygens (including phenoxy) is 2. The first-order valence-electron chi connectivity index (χ1n) is 10.4. The van der Waals surface area contributed by atoms with E-state index in [4.69, 9.17) is 21.1 Å². The Morgan fingerprint density at radius 2 is 1.88 bits per heavy atom. The van der Waals surface area contributed by atoms with Gasteiger partial charge >= 0.3 is 0 Å². The summed E-state index contributed by atoms with van der Waals surface area (Å²) < 4.78 is 38.4. The van der Waals surface area contributed by atoms with Gasteiger partial charge in [0.25, 0.3) is 15.9 Å². The highest BCUT2D eigenvalue weighted by Gasteiger charge is 2.15. The van der Waals surface area contributed by atoms with Gasteiger partial charge in [0.15, 0.2) is 6.61 Å². The molecule has 1 amide bonds. The zero-order valence-corrected chi connectivity index (χ0v) is 19.5. The minimum absolute atomic E-state index is 0.0779. The van der Waals surface area contributed by atoms with Gasteiger partial charge in [-0.3, -0.25) is 14.4 Å². The summed E-state index contributed by atoms with van der Waals surface area (Å²) in [4.78, 5) is 14.3. The molecule has 2 N–H and O–H groups in total. The first-order valence-corrected chi connectivity index (χ1v) is 12.3. The van der Waals surface area contributed by atoms with E-state index in [1.165, 1.54) is 24.3 Å². The topological polar surface area (TPSA) is 97.0 Å². The molecule has 2 aromatic carbocycles. The van der Waals surface area contributed by atoms with Crippen LogP contribution in [0.5, 0.6) is 5.75 Å². The Bertz CT molecular complexity index is 1010. The van der Waals surface area contributed by atoms with E-state index in [9.17, 15) is 13.2 Å². The lowest BCUT2D eigenvalue weighted by molar-refractivity contribution is -0.123. The van der Waals surface area contributed by atoms with Crippen molar-refractivity contribution in [3.05, 3.63) is 53.1 Å². The Labute approximate surface area is 193 Å². The van der Waals surface area contributed by atoms with Crippen molar-refractivity contribution in [1.82, 2.24) is 10.2 Å². The van der Waals surface area contributed by atoms with Gasteiger partial charge in [-0.1, -0.05) is 17.7 Å². The number of amides is 1. The summed E-state index contributed by atoms with van der Waals surface area (Å²) in [6.45, 7) is 6.57. The molecule has 1 fully saturated rings. The van der Waals surface area contributed by atoms with Crippen molar-refractivity contribution in [3.8, 4) is 5.75 Å². The van der Waals surface area contributed by atoms with Gasteiger partial charge < -0.3 is 14.8 Å². The predicted molar refractivity (Wildman–Crippen MR) is 124 cm³/mol. The van der Waals surface area contributed by atoms with Crippen molar-refractivity contribution in [2.45, 2.75) is 18.2 Å². The van der Waals surface area contributed by atoms with Crippen molar-refractivity contribution >= 4 is 33.2 Å². The molecule has 0 radical (unpaired) electrons. The molecule has 0 aliphatic carbocycles. The number of hydrogen-bond donors (Lipinski definition) is 2. The summed E-state index contributed by atoms with van der Waals surface area (Å²) in [5.41, 5.74) is 1.24. The van der Waals surface area contributed by atoms with Crippen LogP contribution in [0.3, 0.4) is 0 Å². The fraction of sp³-hybridized carbons (Fsp3) is 0.409. The molecule has 0 spiro atoms. The summed E-state index contributed by atoms with van der Waals surface area (Å²) >= 11 is 6.05. The summed E-state index contributed by atoms with van der Waals surface area (Å²) in [6.07, 6.45) is 0.859. The molecule has 10 heteroatoms. The second kappa shape index (κ2) is 11.5. The summed E-state index contributed by atoms with van der Waals surface area (Å²) in [5, 5.41) is 3.31. The molecule has 0 atom stereocenters. The number of nitrogens with zero attached hydrogens (tertiary/aromatic N) is 1. The maximum Gasteiger partial charge on any atom is 0.261 e. The average Bonchev–Trinajstić information content (AvgIpc) is 2.78. The monoisotopic (exact) mass is 481 g/mol. The molecule has 0 bridgehead atoms. The van der Waals surface area contributed by atoms with Gasteiger partial charge in [0, 0.05) is 24.7 Å². The van der Waals surface area contributed by atoms with E-state index in [0.717, 1.165) is 44.8 Å². The van der Waals surface area contributed by atoms with Crippen LogP contribution in [0.15, 0.2) is 47.4 Å². The zero-order chi connectivity index (χ0) is 23.0. The van der Waals surface area contributed by atoms with Gasteiger partial charge in [0.1, 0.15) is 5.75 Å². The van der Waals surface area contributed by atoms with Gasteiger partial charge in [-0.2, -0.15) is 0 Å². The third kappa shape index (κ3) is 7.37. The van der Waals surface area contributed by atoms with Crippen molar-refractivity contribution < 1.29 is 22.7 Å². The van der Waals surface area contributed by atoms with Crippen LogP contribution in [-0.2, 0) is 19.6 Å². The Hall–Kier alpha value is -2.33. The number of sulfonamides is 1. The van der Waals surface area contributed by atoms with Crippen molar-refractivity contribution in [1.29, 1.82) is 0 Å². The lowest BCUT2D eigenvalue weighted by atomic mass is 10.2. The number of anilines is 1. The van der Waals surface area contributed by atoms with Crippen LogP contribution >= 0.6 is 11.6 Å². The molecule has 0 aromatic heterocycles. The number of benzene rings is 2. The number of halogens is 1. The number of hydrogen-bond acceptors (Lipinski definition) is 6. The summed E-state index contributed by atoms with van der Waals surface area (Å²) in [6, 6.07) is 10.8. The molecule has 174 valence electrons. The van der Waals surface area contributed by atoms with Gasteiger partial charge in [-0.05, 0) is 61.9 Å². The zero-order valence-electron chi connectivity index (χ0n) is 18.0. The van der Waals surface area contributed by atoms with Crippen LogP contribution in [-0.4, -0.2) is 65.2 Å². The van der Waals surface area contributed by atoms with Crippen LogP contribution in [0.1, 0.15) is 12.0 Å². The number of rotatable bonds is 10. The lowest BCUT2D eigenvalue weighted by Gasteiger charge is -2.26. The molecule has 0 unspecified atom stereocenters. The fourth-order valence-corrected chi connectivity index (χ4v) is 4.37. The summed E-state index contributed by atoms with van der Waals surface area (Å²) in [7, 11) is -3.77. The number of aryl methyl sites for hydroxylation is 1. The third-order valence-corrected chi connectivity index (χ3v) is 6.81. The van der Waals surface area contributed by atoms with E-state index in [0.29, 0.717) is 23.0 Å². The normalized spacial score (nSPS) is 14.7.